The zero-order valence-electron chi connectivity index (χ0n) is 7.83. The van der Waals surface area contributed by atoms with Crippen molar-refractivity contribution in [3.05, 3.63) is 30.1 Å². The Labute approximate surface area is 81.6 Å². The van der Waals surface area contributed by atoms with Crippen LogP contribution in [0.1, 0.15) is 13.3 Å². The molecule has 0 heterocycles. The summed E-state index contributed by atoms with van der Waals surface area (Å²) < 4.78 is 12.5. The average Bonchev–Trinajstić information content (AvgIpc) is 2.16. The van der Waals surface area contributed by atoms with E-state index in [1.807, 2.05) is 0 Å². The van der Waals surface area contributed by atoms with Crippen molar-refractivity contribution < 1.29 is 14.3 Å². The summed E-state index contributed by atoms with van der Waals surface area (Å²) in [6.07, 6.45) is 0.479. The highest BCUT2D eigenvalue weighted by Gasteiger charge is 2.13. The maximum Gasteiger partial charge on any atom is 0.326 e. The molecule has 0 saturated carbocycles. The molecule has 4 heteroatoms. The first-order valence-electron chi connectivity index (χ1n) is 4.38. The maximum absolute atomic E-state index is 12.5. The molecule has 3 nitrogen and oxygen atoms in total. The van der Waals surface area contributed by atoms with Gasteiger partial charge in [-0.15, -0.1) is 0 Å². The van der Waals surface area contributed by atoms with Gasteiger partial charge in [0.1, 0.15) is 11.9 Å². The van der Waals surface area contributed by atoms with Crippen LogP contribution in [0, 0.1) is 5.82 Å². The lowest BCUT2D eigenvalue weighted by Gasteiger charge is -2.13. The number of hydrogen-bond donors (Lipinski definition) is 2. The number of benzene rings is 1. The van der Waals surface area contributed by atoms with E-state index >= 15 is 0 Å². The molecule has 0 aromatic heterocycles. The standard InChI is InChI=1S/C10H12FNO2/c1-2-9(10(13)14)12-8-5-3-7(11)4-6-8/h3-6,9,12H,2H2,1H3,(H,13,14). The molecule has 0 aliphatic carbocycles. The molecule has 76 valence electrons. The first-order valence-corrected chi connectivity index (χ1v) is 4.38. The van der Waals surface area contributed by atoms with E-state index in [0.717, 1.165) is 0 Å². The lowest BCUT2D eigenvalue weighted by atomic mass is 10.2. The third-order valence-electron chi connectivity index (χ3n) is 1.89. The van der Waals surface area contributed by atoms with Gasteiger partial charge in [0.25, 0.3) is 0 Å². The molecule has 0 bridgehead atoms. The third kappa shape index (κ3) is 2.73. The number of carboxylic acid groups (broad SMARTS) is 1. The number of aliphatic carboxylic acids is 1. The van der Waals surface area contributed by atoms with Gasteiger partial charge in [0.15, 0.2) is 0 Å². The Morgan fingerprint density at radius 3 is 2.50 bits per heavy atom. The number of carbonyl (C=O) groups is 1. The van der Waals surface area contributed by atoms with Crippen molar-refractivity contribution in [2.45, 2.75) is 19.4 Å². The zero-order chi connectivity index (χ0) is 10.6. The lowest BCUT2D eigenvalue weighted by Crippen LogP contribution is -2.28. The number of rotatable bonds is 4. The first-order chi connectivity index (χ1) is 6.63. The highest BCUT2D eigenvalue weighted by molar-refractivity contribution is 5.77. The quantitative estimate of drug-likeness (QED) is 0.777. The van der Waals surface area contributed by atoms with E-state index in [1.54, 1.807) is 6.92 Å². The van der Waals surface area contributed by atoms with Crippen LogP contribution in [0.25, 0.3) is 0 Å². The minimum absolute atomic E-state index is 0.334. The van der Waals surface area contributed by atoms with Gasteiger partial charge in [-0.3, -0.25) is 0 Å². The molecule has 0 aliphatic heterocycles. The summed E-state index contributed by atoms with van der Waals surface area (Å²) in [6.45, 7) is 1.77. The van der Waals surface area contributed by atoms with Gasteiger partial charge in [-0.1, -0.05) is 6.92 Å². The lowest BCUT2D eigenvalue weighted by molar-refractivity contribution is -0.137. The van der Waals surface area contributed by atoms with Gasteiger partial charge in [-0.2, -0.15) is 0 Å². The molecule has 1 aromatic rings. The van der Waals surface area contributed by atoms with Crippen molar-refractivity contribution in [2.75, 3.05) is 5.32 Å². The SMILES string of the molecule is CCC(Nc1ccc(F)cc1)C(=O)O. The van der Waals surface area contributed by atoms with E-state index in [1.165, 1.54) is 24.3 Å². The zero-order valence-corrected chi connectivity index (χ0v) is 7.83. The molecule has 0 spiro atoms. The highest BCUT2D eigenvalue weighted by Crippen LogP contribution is 2.10. The van der Waals surface area contributed by atoms with Gasteiger partial charge in [0, 0.05) is 5.69 Å². The number of carboxylic acids is 1. The van der Waals surface area contributed by atoms with E-state index in [4.69, 9.17) is 5.11 Å². The van der Waals surface area contributed by atoms with Gasteiger partial charge < -0.3 is 10.4 Å². The summed E-state index contributed by atoms with van der Waals surface area (Å²) in [5, 5.41) is 11.5. The van der Waals surface area contributed by atoms with E-state index in [0.29, 0.717) is 12.1 Å². The predicted octanol–water partition coefficient (Wildman–Crippen LogP) is 2.10. The van der Waals surface area contributed by atoms with E-state index in [2.05, 4.69) is 5.32 Å². The monoisotopic (exact) mass is 197 g/mol. The molecule has 0 aliphatic rings. The number of hydrogen-bond acceptors (Lipinski definition) is 2. The van der Waals surface area contributed by atoms with E-state index < -0.39 is 12.0 Å². The molecule has 0 radical (unpaired) electrons. The molecule has 1 atom stereocenters. The van der Waals surface area contributed by atoms with Crippen LogP contribution < -0.4 is 5.32 Å². The van der Waals surface area contributed by atoms with Gasteiger partial charge >= 0.3 is 5.97 Å². The van der Waals surface area contributed by atoms with Crippen molar-refractivity contribution in [2.24, 2.45) is 0 Å². The van der Waals surface area contributed by atoms with Crippen molar-refractivity contribution in [1.82, 2.24) is 0 Å². The normalized spacial score (nSPS) is 12.1. The number of halogens is 1. The molecule has 1 aromatic carbocycles. The minimum Gasteiger partial charge on any atom is -0.480 e. The van der Waals surface area contributed by atoms with Gasteiger partial charge in [0.2, 0.25) is 0 Å². The van der Waals surface area contributed by atoms with Crippen LogP contribution in [-0.4, -0.2) is 17.1 Å². The van der Waals surface area contributed by atoms with Crippen LogP contribution in [0.2, 0.25) is 0 Å². The van der Waals surface area contributed by atoms with Crippen LogP contribution in [0.3, 0.4) is 0 Å². The fraction of sp³-hybridized carbons (Fsp3) is 0.300. The fourth-order valence-corrected chi connectivity index (χ4v) is 1.09. The van der Waals surface area contributed by atoms with Crippen molar-refractivity contribution >= 4 is 11.7 Å². The Morgan fingerprint density at radius 1 is 1.50 bits per heavy atom. The maximum atomic E-state index is 12.5. The van der Waals surface area contributed by atoms with Crippen LogP contribution in [0.5, 0.6) is 0 Å². The average molecular weight is 197 g/mol. The predicted molar refractivity (Wildman–Crippen MR) is 51.7 cm³/mol. The summed E-state index contributed by atoms with van der Waals surface area (Å²) in [5.74, 6) is -1.24. The largest absolute Gasteiger partial charge is 0.480 e. The van der Waals surface area contributed by atoms with Gasteiger partial charge in [-0.05, 0) is 30.7 Å². The second kappa shape index (κ2) is 4.60. The molecule has 14 heavy (non-hydrogen) atoms. The van der Waals surface area contributed by atoms with E-state index in [-0.39, 0.29) is 5.82 Å². The Morgan fingerprint density at radius 2 is 2.07 bits per heavy atom. The summed E-state index contributed by atoms with van der Waals surface area (Å²) >= 11 is 0. The van der Waals surface area contributed by atoms with Crippen molar-refractivity contribution in [3.8, 4) is 0 Å². The Hall–Kier alpha value is -1.58. The highest BCUT2D eigenvalue weighted by atomic mass is 19.1. The van der Waals surface area contributed by atoms with Crippen LogP contribution in [-0.2, 0) is 4.79 Å². The first kappa shape index (κ1) is 10.5. The smallest absolute Gasteiger partial charge is 0.326 e. The molecule has 0 fully saturated rings. The second-order valence-electron chi connectivity index (χ2n) is 2.95. The Kier molecular flexibility index (Phi) is 3.45. The molecule has 1 unspecified atom stereocenters. The summed E-state index contributed by atoms with van der Waals surface area (Å²) in [6, 6.07) is 4.98. The van der Waals surface area contributed by atoms with Gasteiger partial charge in [-0.25, -0.2) is 9.18 Å². The summed E-state index contributed by atoms with van der Waals surface area (Å²) in [4.78, 5) is 10.7. The third-order valence-corrected chi connectivity index (χ3v) is 1.89. The molecule has 0 amide bonds. The van der Waals surface area contributed by atoms with E-state index in [9.17, 15) is 9.18 Å². The molecular formula is C10H12FNO2. The molecule has 0 saturated heterocycles. The number of nitrogens with one attached hydrogen (secondary N) is 1. The molecular weight excluding hydrogens is 185 g/mol. The topological polar surface area (TPSA) is 49.3 Å². The molecule has 1 rings (SSSR count). The Balaban J connectivity index is 2.67. The number of anilines is 1. The summed E-state index contributed by atoms with van der Waals surface area (Å²) in [7, 11) is 0. The Bertz CT molecular complexity index is 310. The fourth-order valence-electron chi connectivity index (χ4n) is 1.09. The van der Waals surface area contributed by atoms with Crippen molar-refractivity contribution in [1.29, 1.82) is 0 Å². The summed E-state index contributed by atoms with van der Waals surface area (Å²) in [5.41, 5.74) is 0.612. The minimum atomic E-state index is -0.906. The second-order valence-corrected chi connectivity index (χ2v) is 2.95. The van der Waals surface area contributed by atoms with Crippen LogP contribution in [0.4, 0.5) is 10.1 Å². The van der Waals surface area contributed by atoms with Crippen LogP contribution >= 0.6 is 0 Å². The van der Waals surface area contributed by atoms with Gasteiger partial charge in [0.05, 0.1) is 0 Å². The van der Waals surface area contributed by atoms with Crippen molar-refractivity contribution in [3.63, 3.8) is 0 Å². The van der Waals surface area contributed by atoms with Crippen LogP contribution in [0.15, 0.2) is 24.3 Å². The molecule has 2 N–H and O–H groups in total.